The largest absolute Gasteiger partial charge is 0.443 e. The highest BCUT2D eigenvalue weighted by molar-refractivity contribution is 9.10. The number of ketones is 1. The molecule has 0 N–H and O–H groups in total. The first-order chi connectivity index (χ1) is 7.20. The van der Waals surface area contributed by atoms with Crippen LogP contribution in [0.4, 0.5) is 4.79 Å². The summed E-state index contributed by atoms with van der Waals surface area (Å²) in [7, 11) is 0. The SMILES string of the molecule is CC(=O)c1cc(Br)cn1C(=O)OC(C)(C)C. The van der Waals surface area contributed by atoms with Gasteiger partial charge in [-0.25, -0.2) is 9.36 Å². The Morgan fingerprint density at radius 2 is 1.94 bits per heavy atom. The van der Waals surface area contributed by atoms with Crippen molar-refractivity contribution in [3.05, 3.63) is 22.4 Å². The molecule has 1 aromatic heterocycles. The Kier molecular flexibility index (Phi) is 3.57. The number of hydrogen-bond donors (Lipinski definition) is 0. The molecule has 0 bridgehead atoms. The Hall–Kier alpha value is -1.10. The van der Waals surface area contributed by atoms with Crippen LogP contribution in [0, 0.1) is 0 Å². The van der Waals surface area contributed by atoms with Crippen LogP contribution in [0.15, 0.2) is 16.7 Å². The third-order valence-electron chi connectivity index (χ3n) is 1.74. The maximum absolute atomic E-state index is 11.8. The van der Waals surface area contributed by atoms with E-state index in [0.29, 0.717) is 10.2 Å². The Morgan fingerprint density at radius 1 is 1.38 bits per heavy atom. The summed E-state index contributed by atoms with van der Waals surface area (Å²) < 4.78 is 7.05. The third-order valence-corrected chi connectivity index (χ3v) is 2.17. The summed E-state index contributed by atoms with van der Waals surface area (Å²) in [5.74, 6) is -0.184. The molecular formula is C11H14BrNO3. The molecule has 0 aliphatic heterocycles. The van der Waals surface area contributed by atoms with Gasteiger partial charge in [0.2, 0.25) is 0 Å². The molecule has 0 radical (unpaired) electrons. The van der Waals surface area contributed by atoms with E-state index in [4.69, 9.17) is 4.74 Å². The van der Waals surface area contributed by atoms with Gasteiger partial charge in [0, 0.05) is 17.6 Å². The van der Waals surface area contributed by atoms with Crippen LogP contribution in [0.5, 0.6) is 0 Å². The van der Waals surface area contributed by atoms with E-state index in [1.54, 1.807) is 26.8 Å². The Balaban J connectivity index is 3.04. The molecule has 0 amide bonds. The Labute approximate surface area is 103 Å². The molecule has 0 aliphatic rings. The summed E-state index contributed by atoms with van der Waals surface area (Å²) in [4.78, 5) is 23.1. The maximum atomic E-state index is 11.8. The fourth-order valence-corrected chi connectivity index (χ4v) is 1.59. The zero-order chi connectivity index (χ0) is 12.5. The van der Waals surface area contributed by atoms with Crippen LogP contribution >= 0.6 is 15.9 Å². The highest BCUT2D eigenvalue weighted by atomic mass is 79.9. The van der Waals surface area contributed by atoms with Gasteiger partial charge in [0.05, 0.1) is 5.69 Å². The summed E-state index contributed by atoms with van der Waals surface area (Å²) in [5.41, 5.74) is -0.275. The van der Waals surface area contributed by atoms with Gasteiger partial charge in [0.1, 0.15) is 5.60 Å². The molecule has 0 fully saturated rings. The summed E-state index contributed by atoms with van der Waals surface area (Å²) in [6, 6.07) is 1.59. The van der Waals surface area contributed by atoms with Gasteiger partial charge in [0.25, 0.3) is 0 Å². The van der Waals surface area contributed by atoms with Gasteiger partial charge in [-0.2, -0.15) is 0 Å². The van der Waals surface area contributed by atoms with Gasteiger partial charge in [0.15, 0.2) is 5.78 Å². The van der Waals surface area contributed by atoms with Crippen molar-refractivity contribution >= 4 is 27.8 Å². The third kappa shape index (κ3) is 3.20. The van der Waals surface area contributed by atoms with Crippen LogP contribution in [0.3, 0.4) is 0 Å². The second-order valence-electron chi connectivity index (χ2n) is 4.45. The minimum atomic E-state index is -0.581. The number of aromatic nitrogens is 1. The van der Waals surface area contributed by atoms with E-state index in [1.165, 1.54) is 17.7 Å². The second kappa shape index (κ2) is 4.41. The standard InChI is InChI=1S/C11H14BrNO3/c1-7(14)9-5-8(12)6-13(9)10(15)16-11(2,3)4/h5-6H,1-4H3. The van der Waals surface area contributed by atoms with E-state index in [1.807, 2.05) is 0 Å². The van der Waals surface area contributed by atoms with E-state index in [0.717, 1.165) is 0 Å². The lowest BCUT2D eigenvalue weighted by Crippen LogP contribution is -2.28. The van der Waals surface area contributed by atoms with E-state index < -0.39 is 11.7 Å². The van der Waals surface area contributed by atoms with Crippen molar-refractivity contribution in [1.29, 1.82) is 0 Å². The zero-order valence-electron chi connectivity index (χ0n) is 9.70. The first kappa shape index (κ1) is 13.0. The van der Waals surface area contributed by atoms with Crippen LogP contribution in [0.25, 0.3) is 0 Å². The van der Waals surface area contributed by atoms with Crippen LogP contribution < -0.4 is 0 Å². The number of ether oxygens (including phenoxy) is 1. The quantitative estimate of drug-likeness (QED) is 0.745. The van der Waals surface area contributed by atoms with E-state index in [9.17, 15) is 9.59 Å². The summed E-state index contributed by atoms with van der Waals surface area (Å²) in [6.07, 6.45) is 0.966. The van der Waals surface area contributed by atoms with E-state index >= 15 is 0 Å². The average molecular weight is 288 g/mol. The van der Waals surface area contributed by atoms with Crippen LogP contribution in [0.1, 0.15) is 38.2 Å². The lowest BCUT2D eigenvalue weighted by molar-refractivity contribution is 0.0528. The second-order valence-corrected chi connectivity index (χ2v) is 5.37. The topological polar surface area (TPSA) is 48.3 Å². The number of carbonyl (C=O) groups excluding carboxylic acids is 2. The lowest BCUT2D eigenvalue weighted by Gasteiger charge is -2.20. The molecule has 88 valence electrons. The zero-order valence-corrected chi connectivity index (χ0v) is 11.3. The highest BCUT2D eigenvalue weighted by Crippen LogP contribution is 2.17. The summed E-state index contributed by atoms with van der Waals surface area (Å²) in [6.45, 7) is 6.73. The van der Waals surface area contributed by atoms with Gasteiger partial charge in [-0.15, -0.1) is 0 Å². The molecule has 5 heteroatoms. The molecule has 0 atom stereocenters. The van der Waals surface area contributed by atoms with Crippen molar-refractivity contribution in [2.45, 2.75) is 33.3 Å². The van der Waals surface area contributed by atoms with Crippen LogP contribution in [-0.2, 0) is 4.74 Å². The normalized spacial score (nSPS) is 11.3. The number of rotatable bonds is 1. The molecule has 0 saturated heterocycles. The van der Waals surface area contributed by atoms with Crippen molar-refractivity contribution in [2.24, 2.45) is 0 Å². The predicted octanol–water partition coefficient (Wildman–Crippen LogP) is 3.24. The molecule has 0 aliphatic carbocycles. The Morgan fingerprint density at radius 3 is 2.38 bits per heavy atom. The van der Waals surface area contributed by atoms with Gasteiger partial charge < -0.3 is 4.74 Å². The monoisotopic (exact) mass is 287 g/mol. The Bertz CT molecular complexity index is 429. The van der Waals surface area contributed by atoms with Gasteiger partial charge in [-0.3, -0.25) is 4.79 Å². The molecule has 1 aromatic rings. The van der Waals surface area contributed by atoms with E-state index in [-0.39, 0.29) is 5.78 Å². The molecule has 1 heterocycles. The lowest BCUT2D eigenvalue weighted by atomic mass is 10.2. The summed E-state index contributed by atoms with van der Waals surface area (Å²) in [5, 5.41) is 0. The molecule has 0 saturated carbocycles. The minimum absolute atomic E-state index is 0.184. The number of nitrogens with zero attached hydrogens (tertiary/aromatic N) is 1. The van der Waals surface area contributed by atoms with Gasteiger partial charge in [-0.1, -0.05) is 0 Å². The highest BCUT2D eigenvalue weighted by Gasteiger charge is 2.21. The smallest absolute Gasteiger partial charge is 0.419 e. The number of carbonyl (C=O) groups is 2. The van der Waals surface area contributed by atoms with Crippen LogP contribution in [0.2, 0.25) is 0 Å². The first-order valence-electron chi connectivity index (χ1n) is 4.83. The van der Waals surface area contributed by atoms with Crippen molar-refractivity contribution in [3.8, 4) is 0 Å². The summed E-state index contributed by atoms with van der Waals surface area (Å²) >= 11 is 3.22. The fraction of sp³-hybridized carbons (Fsp3) is 0.455. The van der Waals surface area contributed by atoms with Crippen molar-refractivity contribution < 1.29 is 14.3 Å². The minimum Gasteiger partial charge on any atom is -0.443 e. The molecule has 1 rings (SSSR count). The molecule has 0 aromatic carbocycles. The van der Waals surface area contributed by atoms with E-state index in [2.05, 4.69) is 15.9 Å². The van der Waals surface area contributed by atoms with Crippen molar-refractivity contribution in [1.82, 2.24) is 4.57 Å². The average Bonchev–Trinajstić information content (AvgIpc) is 2.44. The van der Waals surface area contributed by atoms with Crippen molar-refractivity contribution in [3.63, 3.8) is 0 Å². The molecular weight excluding hydrogens is 274 g/mol. The number of halogens is 1. The number of hydrogen-bond acceptors (Lipinski definition) is 3. The van der Waals surface area contributed by atoms with Crippen LogP contribution in [-0.4, -0.2) is 22.0 Å². The van der Waals surface area contributed by atoms with Crippen molar-refractivity contribution in [2.75, 3.05) is 0 Å². The first-order valence-corrected chi connectivity index (χ1v) is 5.62. The molecule has 0 unspecified atom stereocenters. The maximum Gasteiger partial charge on any atom is 0.419 e. The predicted molar refractivity (Wildman–Crippen MR) is 63.8 cm³/mol. The molecule has 16 heavy (non-hydrogen) atoms. The fourth-order valence-electron chi connectivity index (χ4n) is 1.16. The van der Waals surface area contributed by atoms with Gasteiger partial charge >= 0.3 is 6.09 Å². The van der Waals surface area contributed by atoms with Gasteiger partial charge in [-0.05, 0) is 42.8 Å². The number of Topliss-reactive ketones (excluding diaryl/α,β-unsaturated/α-hetero) is 1. The molecule has 0 spiro atoms. The molecule has 4 nitrogen and oxygen atoms in total.